The van der Waals surface area contributed by atoms with Gasteiger partial charge in [-0.3, -0.25) is 4.68 Å². The van der Waals surface area contributed by atoms with Crippen molar-refractivity contribution in [2.45, 2.75) is 25.9 Å². The third kappa shape index (κ3) is 2.79. The van der Waals surface area contributed by atoms with Gasteiger partial charge < -0.3 is 9.84 Å². The normalized spacial score (nSPS) is 12.5. The summed E-state index contributed by atoms with van der Waals surface area (Å²) in [5.74, 6) is -0.616. The summed E-state index contributed by atoms with van der Waals surface area (Å²) < 4.78 is 6.11. The average molecular weight is 212 g/mol. The first-order chi connectivity index (χ1) is 7.08. The molecule has 0 bridgehead atoms. The van der Waals surface area contributed by atoms with E-state index in [4.69, 9.17) is 0 Å². The van der Waals surface area contributed by atoms with E-state index in [0.717, 1.165) is 17.8 Å². The Hall–Kier alpha value is -1.36. The van der Waals surface area contributed by atoms with Crippen LogP contribution >= 0.6 is 0 Å². The number of aromatic nitrogens is 2. The Kier molecular flexibility index (Phi) is 3.85. The highest BCUT2D eigenvalue weighted by Gasteiger charge is 2.18. The molecule has 0 saturated carbocycles. The third-order valence-electron chi connectivity index (χ3n) is 2.27. The average Bonchev–Trinajstić information content (AvgIpc) is 2.58. The molecule has 0 aromatic carbocycles. The number of aliphatic hydroxyl groups excluding tert-OH is 1. The molecule has 0 radical (unpaired) electrons. The zero-order valence-electron chi connectivity index (χ0n) is 9.23. The monoisotopic (exact) mass is 212 g/mol. The molecule has 5 nitrogen and oxygen atoms in total. The molecule has 0 amide bonds. The molecular formula is C10H16N2O3. The van der Waals surface area contributed by atoms with Crippen LogP contribution < -0.4 is 0 Å². The first kappa shape index (κ1) is 11.7. The summed E-state index contributed by atoms with van der Waals surface area (Å²) in [6.45, 7) is 2.00. The standard InChI is InChI=1S/C10H16N2O3/c1-4-7-5-8(12(2)11-7)6-9(13)10(14)15-3/h5,9,13H,4,6H2,1-3H3. The number of methoxy groups -OCH3 is 1. The second-order valence-electron chi connectivity index (χ2n) is 3.35. The maximum absolute atomic E-state index is 11.0. The SMILES string of the molecule is CCc1cc(CC(O)C(=O)OC)n(C)n1. The maximum Gasteiger partial charge on any atom is 0.335 e. The van der Waals surface area contributed by atoms with Crippen molar-refractivity contribution >= 4 is 5.97 Å². The molecule has 1 heterocycles. The van der Waals surface area contributed by atoms with Crippen molar-refractivity contribution in [3.63, 3.8) is 0 Å². The van der Waals surface area contributed by atoms with E-state index in [1.165, 1.54) is 7.11 Å². The van der Waals surface area contributed by atoms with Crippen LogP contribution in [0.4, 0.5) is 0 Å². The summed E-state index contributed by atoms with van der Waals surface area (Å²) >= 11 is 0. The Labute approximate surface area is 88.7 Å². The molecule has 0 aliphatic heterocycles. The molecule has 1 aromatic heterocycles. The smallest absolute Gasteiger partial charge is 0.335 e. The molecule has 1 atom stereocenters. The van der Waals surface area contributed by atoms with Crippen LogP contribution in [-0.4, -0.2) is 34.1 Å². The molecule has 0 fully saturated rings. The lowest BCUT2D eigenvalue weighted by Gasteiger charge is -2.07. The highest BCUT2D eigenvalue weighted by atomic mass is 16.5. The fourth-order valence-corrected chi connectivity index (χ4v) is 1.35. The lowest BCUT2D eigenvalue weighted by molar-refractivity contribution is -0.150. The number of hydrogen-bond donors (Lipinski definition) is 1. The predicted octanol–water partition coefficient (Wildman–Crippen LogP) is 0.0589. The van der Waals surface area contributed by atoms with Gasteiger partial charge in [0.2, 0.25) is 0 Å². The molecule has 0 aliphatic rings. The lowest BCUT2D eigenvalue weighted by atomic mass is 10.2. The number of carbonyl (C=O) groups is 1. The van der Waals surface area contributed by atoms with E-state index in [1.807, 2.05) is 13.0 Å². The molecule has 15 heavy (non-hydrogen) atoms. The summed E-state index contributed by atoms with van der Waals surface area (Å²) in [5.41, 5.74) is 1.77. The number of aliphatic hydroxyl groups is 1. The van der Waals surface area contributed by atoms with Crippen molar-refractivity contribution in [1.29, 1.82) is 0 Å². The number of carbonyl (C=O) groups excluding carboxylic acids is 1. The van der Waals surface area contributed by atoms with Crippen LogP contribution in [0.15, 0.2) is 6.07 Å². The topological polar surface area (TPSA) is 64.3 Å². The van der Waals surface area contributed by atoms with Gasteiger partial charge in [0, 0.05) is 19.2 Å². The Morgan fingerprint density at radius 2 is 2.40 bits per heavy atom. The zero-order chi connectivity index (χ0) is 11.4. The minimum absolute atomic E-state index is 0.232. The van der Waals surface area contributed by atoms with Crippen molar-refractivity contribution in [2.75, 3.05) is 7.11 Å². The van der Waals surface area contributed by atoms with Gasteiger partial charge in [0.05, 0.1) is 12.8 Å². The summed E-state index contributed by atoms with van der Waals surface area (Å²) in [5, 5.41) is 13.7. The zero-order valence-corrected chi connectivity index (χ0v) is 9.23. The molecule has 0 aliphatic carbocycles. The molecule has 1 N–H and O–H groups in total. The molecule has 0 saturated heterocycles. The second kappa shape index (κ2) is 4.93. The van der Waals surface area contributed by atoms with E-state index in [9.17, 15) is 9.90 Å². The number of rotatable bonds is 4. The van der Waals surface area contributed by atoms with E-state index in [2.05, 4.69) is 9.84 Å². The van der Waals surface area contributed by atoms with Crippen LogP contribution in [-0.2, 0) is 29.4 Å². The molecule has 84 valence electrons. The van der Waals surface area contributed by atoms with Gasteiger partial charge in [-0.15, -0.1) is 0 Å². The fourth-order valence-electron chi connectivity index (χ4n) is 1.35. The van der Waals surface area contributed by atoms with Gasteiger partial charge in [-0.2, -0.15) is 5.10 Å². The summed E-state index contributed by atoms with van der Waals surface area (Å²) in [4.78, 5) is 11.0. The molecular weight excluding hydrogens is 196 g/mol. The fraction of sp³-hybridized carbons (Fsp3) is 0.600. The van der Waals surface area contributed by atoms with Crippen LogP contribution in [0.5, 0.6) is 0 Å². The molecule has 1 aromatic rings. The van der Waals surface area contributed by atoms with E-state index >= 15 is 0 Å². The Bertz CT molecular complexity index is 346. The molecule has 1 unspecified atom stereocenters. The van der Waals surface area contributed by atoms with E-state index < -0.39 is 12.1 Å². The number of esters is 1. The van der Waals surface area contributed by atoms with Crippen molar-refractivity contribution < 1.29 is 14.6 Å². The van der Waals surface area contributed by atoms with Gasteiger partial charge >= 0.3 is 5.97 Å². The summed E-state index contributed by atoms with van der Waals surface area (Å²) in [7, 11) is 3.05. The Morgan fingerprint density at radius 3 is 2.87 bits per heavy atom. The quantitative estimate of drug-likeness (QED) is 0.717. The van der Waals surface area contributed by atoms with Gasteiger partial charge in [-0.25, -0.2) is 4.79 Å². The van der Waals surface area contributed by atoms with Gasteiger partial charge in [-0.1, -0.05) is 6.92 Å². The van der Waals surface area contributed by atoms with Crippen LogP contribution in [0.1, 0.15) is 18.3 Å². The maximum atomic E-state index is 11.0. The van der Waals surface area contributed by atoms with Crippen molar-refractivity contribution in [3.8, 4) is 0 Å². The largest absolute Gasteiger partial charge is 0.467 e. The highest BCUT2D eigenvalue weighted by Crippen LogP contribution is 2.07. The minimum atomic E-state index is -1.12. The molecule has 0 spiro atoms. The first-order valence-electron chi connectivity index (χ1n) is 4.86. The van der Waals surface area contributed by atoms with Crippen molar-refractivity contribution in [3.05, 3.63) is 17.5 Å². The predicted molar refractivity (Wildman–Crippen MR) is 54.3 cm³/mol. The van der Waals surface area contributed by atoms with Gasteiger partial charge in [0.1, 0.15) is 0 Å². The van der Waals surface area contributed by atoms with E-state index in [-0.39, 0.29) is 6.42 Å². The molecule has 5 heteroatoms. The van der Waals surface area contributed by atoms with E-state index in [0.29, 0.717) is 0 Å². The summed E-state index contributed by atoms with van der Waals surface area (Å²) in [6.07, 6.45) is -0.0479. The number of hydrogen-bond acceptors (Lipinski definition) is 4. The molecule has 1 rings (SSSR count). The number of ether oxygens (including phenoxy) is 1. The lowest BCUT2D eigenvalue weighted by Crippen LogP contribution is -2.25. The Morgan fingerprint density at radius 1 is 1.73 bits per heavy atom. The highest BCUT2D eigenvalue weighted by molar-refractivity contribution is 5.74. The minimum Gasteiger partial charge on any atom is -0.467 e. The van der Waals surface area contributed by atoms with Crippen molar-refractivity contribution in [2.24, 2.45) is 7.05 Å². The third-order valence-corrected chi connectivity index (χ3v) is 2.27. The summed E-state index contributed by atoms with van der Waals surface area (Å²) in [6, 6.07) is 1.88. The van der Waals surface area contributed by atoms with Gasteiger partial charge in [0.25, 0.3) is 0 Å². The van der Waals surface area contributed by atoms with Crippen LogP contribution in [0.2, 0.25) is 0 Å². The van der Waals surface area contributed by atoms with Crippen molar-refractivity contribution in [1.82, 2.24) is 9.78 Å². The first-order valence-corrected chi connectivity index (χ1v) is 4.86. The van der Waals surface area contributed by atoms with E-state index in [1.54, 1.807) is 11.7 Å². The van der Waals surface area contributed by atoms with Crippen LogP contribution in [0.25, 0.3) is 0 Å². The van der Waals surface area contributed by atoms with Gasteiger partial charge in [0.15, 0.2) is 6.10 Å². The second-order valence-corrected chi connectivity index (χ2v) is 3.35. The number of aryl methyl sites for hydroxylation is 2. The van der Waals surface area contributed by atoms with Crippen LogP contribution in [0.3, 0.4) is 0 Å². The Balaban J connectivity index is 2.71. The van der Waals surface area contributed by atoms with Gasteiger partial charge in [-0.05, 0) is 12.5 Å². The number of nitrogens with zero attached hydrogens (tertiary/aromatic N) is 2. The van der Waals surface area contributed by atoms with Crippen LogP contribution in [0, 0.1) is 0 Å².